The smallest absolute Gasteiger partial charge is 0.293 e. The van der Waals surface area contributed by atoms with E-state index in [0.717, 1.165) is 25.7 Å². The fourth-order valence-electron chi connectivity index (χ4n) is 4.34. The Hall–Kier alpha value is -1.75. The van der Waals surface area contributed by atoms with Gasteiger partial charge in [-0.05, 0) is 39.1 Å². The highest BCUT2D eigenvalue weighted by Crippen LogP contribution is 2.34. The first kappa shape index (κ1) is 22.9. The number of nitro groups is 1. The van der Waals surface area contributed by atoms with E-state index in [1.165, 1.54) is 35.3 Å². The molecule has 1 heterocycles. The second kappa shape index (κ2) is 9.59. The maximum atomic E-state index is 12.9. The van der Waals surface area contributed by atoms with Gasteiger partial charge in [0.15, 0.2) is 0 Å². The Kier molecular flexibility index (Phi) is 7.33. The highest BCUT2D eigenvalue weighted by molar-refractivity contribution is 7.89. The summed E-state index contributed by atoms with van der Waals surface area (Å²) in [6.45, 7) is 1.74. The van der Waals surface area contributed by atoms with Crippen molar-refractivity contribution in [2.75, 3.05) is 52.3 Å². The standard InChI is InChI=1S/C20H32N4O5S/c1-22(2)20(9-5-3-4-6-10-20)16-21-18-8-7-17(15-19(18)24(25)26)30(27,28)23-11-13-29-14-12-23/h7-8,15,21H,3-6,9-14,16H2,1-2H3. The largest absolute Gasteiger partial charge is 0.379 e. The lowest BCUT2D eigenvalue weighted by atomic mass is 9.88. The van der Waals surface area contributed by atoms with Gasteiger partial charge in [-0.3, -0.25) is 10.1 Å². The van der Waals surface area contributed by atoms with Crippen molar-refractivity contribution in [2.45, 2.75) is 49.0 Å². The Labute approximate surface area is 178 Å². The number of anilines is 1. The minimum atomic E-state index is -3.79. The monoisotopic (exact) mass is 440 g/mol. The highest BCUT2D eigenvalue weighted by atomic mass is 32.2. The normalized spacial score (nSPS) is 20.6. The summed E-state index contributed by atoms with van der Waals surface area (Å²) in [4.78, 5) is 13.4. The van der Waals surface area contributed by atoms with Gasteiger partial charge in [-0.15, -0.1) is 0 Å². The average Bonchev–Trinajstić information content (AvgIpc) is 2.99. The van der Waals surface area contributed by atoms with Crippen LogP contribution in [-0.4, -0.2) is 75.0 Å². The second-order valence-corrected chi connectivity index (χ2v) is 10.3. The van der Waals surface area contributed by atoms with Gasteiger partial charge in [0.1, 0.15) is 5.69 Å². The van der Waals surface area contributed by atoms with Gasteiger partial charge in [0.25, 0.3) is 5.69 Å². The molecule has 2 fully saturated rings. The Morgan fingerprint density at radius 1 is 1.17 bits per heavy atom. The Morgan fingerprint density at radius 2 is 1.80 bits per heavy atom. The fourth-order valence-corrected chi connectivity index (χ4v) is 5.77. The predicted molar refractivity (Wildman–Crippen MR) is 115 cm³/mol. The number of nitrogens with zero attached hydrogens (tertiary/aromatic N) is 3. The van der Waals surface area contributed by atoms with E-state index >= 15 is 0 Å². The first-order valence-electron chi connectivity index (χ1n) is 10.5. The van der Waals surface area contributed by atoms with Gasteiger partial charge in [0, 0.05) is 31.2 Å². The lowest BCUT2D eigenvalue weighted by molar-refractivity contribution is -0.384. The summed E-state index contributed by atoms with van der Waals surface area (Å²) in [6, 6.07) is 4.14. The van der Waals surface area contributed by atoms with Crippen LogP contribution in [0.2, 0.25) is 0 Å². The number of nitrogens with one attached hydrogen (secondary N) is 1. The van der Waals surface area contributed by atoms with Crippen LogP contribution < -0.4 is 5.32 Å². The molecule has 1 aliphatic heterocycles. The molecule has 1 saturated carbocycles. The van der Waals surface area contributed by atoms with Crippen molar-refractivity contribution < 1.29 is 18.1 Å². The van der Waals surface area contributed by atoms with Gasteiger partial charge in [-0.2, -0.15) is 4.31 Å². The van der Waals surface area contributed by atoms with Crippen LogP contribution in [0, 0.1) is 10.1 Å². The number of likely N-dealkylation sites (N-methyl/N-ethyl adjacent to an activating group) is 1. The zero-order valence-electron chi connectivity index (χ0n) is 17.8. The average molecular weight is 441 g/mol. The molecule has 2 aliphatic rings. The number of hydrogen-bond acceptors (Lipinski definition) is 7. The van der Waals surface area contributed by atoms with Crippen LogP contribution in [-0.2, 0) is 14.8 Å². The van der Waals surface area contributed by atoms with Gasteiger partial charge in [-0.25, -0.2) is 8.42 Å². The first-order valence-corrected chi connectivity index (χ1v) is 12.0. The molecular weight excluding hydrogens is 408 g/mol. The molecule has 0 atom stereocenters. The number of benzene rings is 1. The number of hydrogen-bond donors (Lipinski definition) is 1. The van der Waals surface area contributed by atoms with E-state index in [9.17, 15) is 18.5 Å². The van der Waals surface area contributed by atoms with Crippen molar-refractivity contribution in [1.29, 1.82) is 0 Å². The molecule has 3 rings (SSSR count). The molecule has 1 aromatic carbocycles. The molecule has 0 radical (unpaired) electrons. The molecule has 1 N–H and O–H groups in total. The van der Waals surface area contributed by atoms with Crippen LogP contribution in [0.5, 0.6) is 0 Å². The predicted octanol–water partition coefficient (Wildman–Crippen LogP) is 2.68. The molecule has 0 bridgehead atoms. The fraction of sp³-hybridized carbons (Fsp3) is 0.700. The highest BCUT2D eigenvalue weighted by Gasteiger charge is 2.34. The third kappa shape index (κ3) is 4.93. The van der Waals surface area contributed by atoms with E-state index in [1.54, 1.807) is 0 Å². The zero-order valence-corrected chi connectivity index (χ0v) is 18.6. The van der Waals surface area contributed by atoms with E-state index in [-0.39, 0.29) is 29.2 Å². The zero-order chi connectivity index (χ0) is 21.8. The van der Waals surface area contributed by atoms with Crippen molar-refractivity contribution in [2.24, 2.45) is 0 Å². The van der Waals surface area contributed by atoms with Crippen molar-refractivity contribution >= 4 is 21.4 Å². The minimum absolute atomic E-state index is 0.0570. The van der Waals surface area contributed by atoms with Gasteiger partial charge < -0.3 is 15.0 Å². The summed E-state index contributed by atoms with van der Waals surface area (Å²) < 4.78 is 32.3. The number of morpholine rings is 1. The summed E-state index contributed by atoms with van der Waals surface area (Å²) in [6.07, 6.45) is 6.76. The molecule has 9 nitrogen and oxygen atoms in total. The van der Waals surface area contributed by atoms with E-state index in [2.05, 4.69) is 24.3 Å². The van der Waals surface area contributed by atoms with E-state index in [1.807, 2.05) is 0 Å². The van der Waals surface area contributed by atoms with Crippen LogP contribution in [0.4, 0.5) is 11.4 Å². The minimum Gasteiger partial charge on any atom is -0.379 e. The van der Waals surface area contributed by atoms with Crippen LogP contribution in [0.15, 0.2) is 23.1 Å². The van der Waals surface area contributed by atoms with Crippen molar-refractivity contribution in [3.05, 3.63) is 28.3 Å². The lowest BCUT2D eigenvalue weighted by Gasteiger charge is -2.40. The van der Waals surface area contributed by atoms with Crippen LogP contribution >= 0.6 is 0 Å². The van der Waals surface area contributed by atoms with Crippen LogP contribution in [0.3, 0.4) is 0 Å². The summed E-state index contributed by atoms with van der Waals surface area (Å²) in [7, 11) is 0.322. The molecule has 0 amide bonds. The molecule has 30 heavy (non-hydrogen) atoms. The molecule has 1 aliphatic carbocycles. The molecule has 1 aromatic rings. The van der Waals surface area contributed by atoms with Crippen LogP contribution in [0.25, 0.3) is 0 Å². The lowest BCUT2D eigenvalue weighted by Crippen LogP contribution is -2.49. The molecule has 0 aromatic heterocycles. The number of nitro benzene ring substituents is 1. The van der Waals surface area contributed by atoms with Gasteiger partial charge in [-0.1, -0.05) is 25.7 Å². The third-order valence-electron chi connectivity index (χ3n) is 6.36. The van der Waals surface area contributed by atoms with Gasteiger partial charge >= 0.3 is 0 Å². The first-order chi connectivity index (χ1) is 14.3. The van der Waals surface area contributed by atoms with Crippen molar-refractivity contribution in [1.82, 2.24) is 9.21 Å². The quantitative estimate of drug-likeness (QED) is 0.395. The number of rotatable bonds is 7. The second-order valence-electron chi connectivity index (χ2n) is 8.34. The maximum absolute atomic E-state index is 12.9. The SMILES string of the molecule is CN(C)C1(CNc2ccc(S(=O)(=O)N3CCOCC3)cc2[N+](=O)[O-])CCCCCC1. The Bertz CT molecular complexity index is 845. The van der Waals surface area contributed by atoms with E-state index in [4.69, 9.17) is 4.74 Å². The molecule has 1 saturated heterocycles. The maximum Gasteiger partial charge on any atom is 0.293 e. The third-order valence-corrected chi connectivity index (χ3v) is 8.26. The molecule has 10 heteroatoms. The molecule has 0 spiro atoms. The molecule has 0 unspecified atom stereocenters. The Morgan fingerprint density at radius 3 is 2.37 bits per heavy atom. The topological polar surface area (TPSA) is 105 Å². The van der Waals surface area contributed by atoms with Crippen LogP contribution in [0.1, 0.15) is 38.5 Å². The van der Waals surface area contributed by atoms with Gasteiger partial charge in [0.05, 0.1) is 23.0 Å². The summed E-state index contributed by atoms with van der Waals surface area (Å²) >= 11 is 0. The summed E-state index contributed by atoms with van der Waals surface area (Å²) in [5.74, 6) is 0. The van der Waals surface area contributed by atoms with E-state index < -0.39 is 14.9 Å². The molecular formula is C20H32N4O5S. The summed E-state index contributed by atoms with van der Waals surface area (Å²) in [5, 5.41) is 15.0. The van der Waals surface area contributed by atoms with Crippen molar-refractivity contribution in [3.8, 4) is 0 Å². The molecule has 168 valence electrons. The Balaban J connectivity index is 1.84. The van der Waals surface area contributed by atoms with Crippen molar-refractivity contribution in [3.63, 3.8) is 0 Å². The number of ether oxygens (including phenoxy) is 1. The summed E-state index contributed by atoms with van der Waals surface area (Å²) in [5.41, 5.74) is 0.0707. The number of sulfonamides is 1. The van der Waals surface area contributed by atoms with Gasteiger partial charge in [0.2, 0.25) is 10.0 Å². The van der Waals surface area contributed by atoms with E-state index in [0.29, 0.717) is 25.4 Å².